The summed E-state index contributed by atoms with van der Waals surface area (Å²) in [5.41, 5.74) is 3.01. The van der Waals surface area contributed by atoms with Gasteiger partial charge >= 0.3 is 0 Å². The van der Waals surface area contributed by atoms with E-state index < -0.39 is 0 Å². The maximum atomic E-state index is 12.2. The third-order valence-corrected chi connectivity index (χ3v) is 4.22. The molecule has 3 rings (SSSR count). The van der Waals surface area contributed by atoms with Crippen LogP contribution in [-0.2, 0) is 11.3 Å². The molecule has 112 valence electrons. The number of carbonyl (C=O) groups is 1. The van der Waals surface area contributed by atoms with Crippen molar-refractivity contribution in [3.63, 3.8) is 0 Å². The zero-order chi connectivity index (χ0) is 15.4. The number of thiophene rings is 1. The Kier molecular flexibility index (Phi) is 4.34. The molecule has 0 saturated heterocycles. The lowest BCUT2D eigenvalue weighted by Gasteiger charge is -2.10. The van der Waals surface area contributed by atoms with E-state index in [1.54, 1.807) is 22.2 Å². The normalized spacial score (nSPS) is 10.6. The van der Waals surface area contributed by atoms with E-state index in [2.05, 4.69) is 16.5 Å². The Balaban J connectivity index is 1.67. The third-order valence-electron chi connectivity index (χ3n) is 3.32. The number of hydrogen-bond acceptors (Lipinski definition) is 3. The van der Waals surface area contributed by atoms with Crippen LogP contribution in [0.5, 0.6) is 0 Å². The predicted molar refractivity (Wildman–Crippen MR) is 90.0 cm³/mol. The number of aromatic nitrogens is 2. The highest BCUT2D eigenvalue weighted by atomic mass is 32.1. The van der Waals surface area contributed by atoms with Crippen molar-refractivity contribution in [3.8, 4) is 10.4 Å². The van der Waals surface area contributed by atoms with Crippen molar-refractivity contribution in [2.45, 2.75) is 19.9 Å². The van der Waals surface area contributed by atoms with Crippen LogP contribution in [0.25, 0.3) is 10.4 Å². The van der Waals surface area contributed by atoms with Gasteiger partial charge in [0.05, 0.1) is 6.20 Å². The Bertz CT molecular complexity index is 762. The molecule has 0 radical (unpaired) electrons. The Labute approximate surface area is 133 Å². The van der Waals surface area contributed by atoms with Crippen molar-refractivity contribution in [3.05, 3.63) is 59.7 Å². The number of rotatable bonds is 5. The fourth-order valence-electron chi connectivity index (χ4n) is 2.26. The highest BCUT2D eigenvalue weighted by Crippen LogP contribution is 2.31. The van der Waals surface area contributed by atoms with Crippen LogP contribution in [0, 0.1) is 6.92 Å². The summed E-state index contributed by atoms with van der Waals surface area (Å²) in [5, 5.41) is 9.23. The lowest BCUT2D eigenvalue weighted by molar-refractivity contribution is -0.116. The van der Waals surface area contributed by atoms with Gasteiger partial charge in [-0.15, -0.1) is 11.3 Å². The van der Waals surface area contributed by atoms with Gasteiger partial charge < -0.3 is 5.32 Å². The number of aryl methyl sites for hydroxylation is 2. The molecule has 0 aliphatic rings. The molecule has 1 N–H and O–H groups in total. The molecule has 0 unspecified atom stereocenters. The minimum Gasteiger partial charge on any atom is -0.325 e. The van der Waals surface area contributed by atoms with Gasteiger partial charge in [0.1, 0.15) is 0 Å². The molecule has 3 aromatic rings. The summed E-state index contributed by atoms with van der Waals surface area (Å²) >= 11 is 1.66. The first kappa shape index (κ1) is 14.5. The summed E-state index contributed by atoms with van der Waals surface area (Å²) in [5.74, 6) is -0.00263. The van der Waals surface area contributed by atoms with E-state index in [1.807, 2.05) is 48.8 Å². The summed E-state index contributed by atoms with van der Waals surface area (Å²) in [6.07, 6.45) is 4.14. The lowest BCUT2D eigenvalue weighted by atomic mass is 10.1. The number of nitrogens with one attached hydrogen (secondary N) is 1. The minimum atomic E-state index is -0.00263. The predicted octanol–water partition coefficient (Wildman–Crippen LogP) is 3.95. The molecule has 2 aromatic heterocycles. The van der Waals surface area contributed by atoms with E-state index in [0.717, 1.165) is 21.7 Å². The van der Waals surface area contributed by atoms with Crippen LogP contribution >= 0.6 is 11.3 Å². The van der Waals surface area contributed by atoms with E-state index in [9.17, 15) is 4.79 Å². The molecule has 2 heterocycles. The van der Waals surface area contributed by atoms with E-state index in [4.69, 9.17) is 0 Å². The van der Waals surface area contributed by atoms with Gasteiger partial charge in [-0.3, -0.25) is 9.48 Å². The lowest BCUT2D eigenvalue weighted by Crippen LogP contribution is -2.15. The van der Waals surface area contributed by atoms with Gasteiger partial charge in [0.25, 0.3) is 0 Å². The zero-order valence-electron chi connectivity index (χ0n) is 12.3. The first-order valence-electron chi connectivity index (χ1n) is 7.14. The van der Waals surface area contributed by atoms with Crippen LogP contribution in [0.1, 0.15) is 12.0 Å². The molecule has 5 heteroatoms. The van der Waals surface area contributed by atoms with E-state index in [1.165, 1.54) is 0 Å². The molecular weight excluding hydrogens is 294 g/mol. The fourth-order valence-corrected chi connectivity index (χ4v) is 3.02. The van der Waals surface area contributed by atoms with Gasteiger partial charge in [0, 0.05) is 35.3 Å². The SMILES string of the molecule is Cc1cnn(CCC(=O)Nc2ccccc2-c2cccs2)c1. The molecule has 0 aliphatic heterocycles. The summed E-state index contributed by atoms with van der Waals surface area (Å²) in [6, 6.07) is 11.9. The first-order chi connectivity index (χ1) is 10.7. The van der Waals surface area contributed by atoms with Gasteiger partial charge in [-0.05, 0) is 30.0 Å². The minimum absolute atomic E-state index is 0.00263. The second kappa shape index (κ2) is 6.58. The number of carbonyl (C=O) groups excluding carboxylic acids is 1. The molecule has 0 atom stereocenters. The van der Waals surface area contributed by atoms with Crippen LogP contribution in [0.4, 0.5) is 5.69 Å². The number of amides is 1. The second-order valence-corrected chi connectivity index (χ2v) is 6.05. The van der Waals surface area contributed by atoms with Gasteiger partial charge in [-0.1, -0.05) is 24.3 Å². The topological polar surface area (TPSA) is 46.9 Å². The number of benzene rings is 1. The third kappa shape index (κ3) is 3.43. The van der Waals surface area contributed by atoms with Crippen molar-refractivity contribution in [2.24, 2.45) is 0 Å². The highest BCUT2D eigenvalue weighted by Gasteiger charge is 2.09. The smallest absolute Gasteiger partial charge is 0.226 e. The van der Waals surface area contributed by atoms with E-state index in [-0.39, 0.29) is 5.91 Å². The summed E-state index contributed by atoms with van der Waals surface area (Å²) < 4.78 is 1.79. The molecule has 0 saturated carbocycles. The van der Waals surface area contributed by atoms with Gasteiger partial charge in [0.2, 0.25) is 5.91 Å². The molecule has 0 aliphatic carbocycles. The largest absolute Gasteiger partial charge is 0.325 e. The summed E-state index contributed by atoms with van der Waals surface area (Å²) in [4.78, 5) is 13.3. The molecule has 1 aromatic carbocycles. The quantitative estimate of drug-likeness (QED) is 0.775. The molecular formula is C17H17N3OS. The highest BCUT2D eigenvalue weighted by molar-refractivity contribution is 7.13. The maximum Gasteiger partial charge on any atom is 0.226 e. The molecule has 0 fully saturated rings. The van der Waals surface area contributed by atoms with Crippen LogP contribution < -0.4 is 5.32 Å². The van der Waals surface area contributed by atoms with Gasteiger partial charge in [0.15, 0.2) is 0 Å². The fraction of sp³-hybridized carbons (Fsp3) is 0.176. The first-order valence-corrected chi connectivity index (χ1v) is 8.02. The van der Waals surface area contributed by atoms with Crippen LogP contribution in [-0.4, -0.2) is 15.7 Å². The van der Waals surface area contributed by atoms with Crippen molar-refractivity contribution >= 4 is 22.9 Å². The Morgan fingerprint density at radius 3 is 2.86 bits per heavy atom. The average Bonchev–Trinajstić information content (AvgIpc) is 3.17. The molecule has 22 heavy (non-hydrogen) atoms. The van der Waals surface area contributed by atoms with Crippen molar-refractivity contribution < 1.29 is 4.79 Å². The Morgan fingerprint density at radius 1 is 1.27 bits per heavy atom. The Morgan fingerprint density at radius 2 is 2.14 bits per heavy atom. The standard InChI is InChI=1S/C17H17N3OS/c1-13-11-18-20(12-13)9-8-17(21)19-15-6-3-2-5-14(15)16-7-4-10-22-16/h2-7,10-12H,8-9H2,1H3,(H,19,21). The van der Waals surface area contributed by atoms with Crippen LogP contribution in [0.15, 0.2) is 54.2 Å². The number of hydrogen-bond donors (Lipinski definition) is 1. The molecule has 1 amide bonds. The zero-order valence-corrected chi connectivity index (χ0v) is 13.1. The Hall–Kier alpha value is -2.40. The van der Waals surface area contributed by atoms with Crippen molar-refractivity contribution in [1.82, 2.24) is 9.78 Å². The number of anilines is 1. The van der Waals surface area contributed by atoms with Crippen molar-refractivity contribution in [2.75, 3.05) is 5.32 Å². The summed E-state index contributed by atoms with van der Waals surface area (Å²) in [7, 11) is 0. The second-order valence-electron chi connectivity index (χ2n) is 5.10. The van der Waals surface area contributed by atoms with Gasteiger partial charge in [-0.25, -0.2) is 0 Å². The van der Waals surface area contributed by atoms with E-state index in [0.29, 0.717) is 13.0 Å². The average molecular weight is 311 g/mol. The van der Waals surface area contributed by atoms with Crippen LogP contribution in [0.2, 0.25) is 0 Å². The maximum absolute atomic E-state index is 12.2. The van der Waals surface area contributed by atoms with Crippen LogP contribution in [0.3, 0.4) is 0 Å². The molecule has 0 spiro atoms. The number of para-hydroxylation sites is 1. The molecule has 0 bridgehead atoms. The van der Waals surface area contributed by atoms with E-state index >= 15 is 0 Å². The summed E-state index contributed by atoms with van der Waals surface area (Å²) in [6.45, 7) is 2.57. The van der Waals surface area contributed by atoms with Gasteiger partial charge in [-0.2, -0.15) is 5.10 Å². The molecule has 4 nitrogen and oxygen atoms in total. The van der Waals surface area contributed by atoms with Crippen molar-refractivity contribution in [1.29, 1.82) is 0 Å². The number of nitrogens with zero attached hydrogens (tertiary/aromatic N) is 2. The monoisotopic (exact) mass is 311 g/mol.